The van der Waals surface area contributed by atoms with Crippen LogP contribution in [0.3, 0.4) is 0 Å². The van der Waals surface area contributed by atoms with Crippen LogP contribution in [-0.4, -0.2) is 50.5 Å². The van der Waals surface area contributed by atoms with Gasteiger partial charge in [0.1, 0.15) is 12.6 Å². The predicted octanol–water partition coefficient (Wildman–Crippen LogP) is 4.06. The van der Waals surface area contributed by atoms with E-state index >= 15 is 0 Å². The highest BCUT2D eigenvalue weighted by atomic mass is 79.9. The normalized spacial score (nSPS) is 12.3. The standard InChI is InChI=1S/C23H29BrClN3O4S/c1-16(2)13-26-23(30)17(3)27(14-18-7-5-6-8-21(18)25)22(29)15-28(33(4,31)32)20-11-9-19(24)10-12-20/h5-12,16-17H,13-15H2,1-4H3,(H,26,30)/t17-/m0/s1. The molecule has 0 unspecified atom stereocenters. The Morgan fingerprint density at radius 1 is 1.06 bits per heavy atom. The first-order valence-electron chi connectivity index (χ1n) is 10.4. The molecular weight excluding hydrogens is 530 g/mol. The van der Waals surface area contributed by atoms with Gasteiger partial charge in [-0.2, -0.15) is 0 Å². The third-order valence-corrected chi connectivity index (χ3v) is 6.98. The van der Waals surface area contributed by atoms with Crippen LogP contribution in [0.25, 0.3) is 0 Å². The van der Waals surface area contributed by atoms with Crippen molar-refractivity contribution in [2.45, 2.75) is 33.4 Å². The molecule has 0 heterocycles. The lowest BCUT2D eigenvalue weighted by Crippen LogP contribution is -2.51. The number of benzene rings is 2. The number of nitrogens with one attached hydrogen (secondary N) is 1. The Balaban J connectivity index is 2.36. The summed E-state index contributed by atoms with van der Waals surface area (Å²) in [7, 11) is -3.76. The molecule has 33 heavy (non-hydrogen) atoms. The fourth-order valence-electron chi connectivity index (χ4n) is 3.07. The third kappa shape index (κ3) is 8.01. The summed E-state index contributed by atoms with van der Waals surface area (Å²) in [5, 5.41) is 3.29. The molecule has 0 aliphatic carbocycles. The summed E-state index contributed by atoms with van der Waals surface area (Å²) >= 11 is 9.62. The Labute approximate surface area is 209 Å². The second-order valence-corrected chi connectivity index (χ2v) is 11.4. The number of nitrogens with zero attached hydrogens (tertiary/aromatic N) is 2. The molecule has 0 aliphatic rings. The fraction of sp³-hybridized carbons (Fsp3) is 0.391. The Morgan fingerprint density at radius 3 is 2.21 bits per heavy atom. The SMILES string of the molecule is CC(C)CNC(=O)[C@H](C)N(Cc1ccccc1Cl)C(=O)CN(c1ccc(Br)cc1)S(C)(=O)=O. The zero-order valence-corrected chi connectivity index (χ0v) is 22.2. The molecule has 1 N–H and O–H groups in total. The second-order valence-electron chi connectivity index (χ2n) is 8.17. The maximum absolute atomic E-state index is 13.4. The van der Waals surface area contributed by atoms with Gasteiger partial charge < -0.3 is 10.2 Å². The minimum absolute atomic E-state index is 0.0622. The predicted molar refractivity (Wildman–Crippen MR) is 136 cm³/mol. The van der Waals surface area contributed by atoms with Gasteiger partial charge in [-0.3, -0.25) is 13.9 Å². The van der Waals surface area contributed by atoms with E-state index in [0.29, 0.717) is 22.8 Å². The van der Waals surface area contributed by atoms with Crippen LogP contribution >= 0.6 is 27.5 Å². The molecule has 0 saturated carbocycles. The van der Waals surface area contributed by atoms with E-state index in [1.54, 1.807) is 55.5 Å². The highest BCUT2D eigenvalue weighted by Gasteiger charge is 2.30. The summed E-state index contributed by atoms with van der Waals surface area (Å²) in [6, 6.07) is 12.8. The Morgan fingerprint density at radius 2 is 1.67 bits per heavy atom. The Kier molecular flexibility index (Phi) is 9.75. The van der Waals surface area contributed by atoms with Gasteiger partial charge in [0, 0.05) is 22.6 Å². The number of sulfonamides is 1. The molecule has 0 radical (unpaired) electrons. The van der Waals surface area contributed by atoms with E-state index in [1.165, 1.54) is 4.90 Å². The lowest BCUT2D eigenvalue weighted by atomic mass is 10.1. The largest absolute Gasteiger partial charge is 0.354 e. The van der Waals surface area contributed by atoms with Crippen LogP contribution in [0.2, 0.25) is 5.02 Å². The molecule has 0 spiro atoms. The quantitative estimate of drug-likeness (QED) is 0.477. The summed E-state index contributed by atoms with van der Waals surface area (Å²) in [5.74, 6) is -0.596. The van der Waals surface area contributed by atoms with E-state index in [1.807, 2.05) is 13.8 Å². The van der Waals surface area contributed by atoms with Crippen LogP contribution in [0.4, 0.5) is 5.69 Å². The number of hydrogen-bond acceptors (Lipinski definition) is 4. The summed E-state index contributed by atoms with van der Waals surface area (Å²) in [5.41, 5.74) is 1.01. The van der Waals surface area contributed by atoms with E-state index in [4.69, 9.17) is 11.6 Å². The van der Waals surface area contributed by atoms with Crippen LogP contribution in [0.15, 0.2) is 53.0 Å². The Bertz CT molecular complexity index is 1080. The van der Waals surface area contributed by atoms with Gasteiger partial charge in [-0.25, -0.2) is 8.42 Å². The van der Waals surface area contributed by atoms with Crippen molar-refractivity contribution in [1.82, 2.24) is 10.2 Å². The summed E-state index contributed by atoms with van der Waals surface area (Å²) in [6.07, 6.45) is 1.04. The number of rotatable bonds is 10. The maximum Gasteiger partial charge on any atom is 0.244 e. The zero-order valence-electron chi connectivity index (χ0n) is 19.1. The average Bonchev–Trinajstić information content (AvgIpc) is 2.74. The molecule has 2 aromatic rings. The number of hydrogen-bond donors (Lipinski definition) is 1. The van der Waals surface area contributed by atoms with Crippen molar-refractivity contribution in [2.75, 3.05) is 23.7 Å². The molecule has 0 aliphatic heterocycles. The van der Waals surface area contributed by atoms with Crippen molar-refractivity contribution in [2.24, 2.45) is 5.92 Å². The number of amides is 2. The molecule has 180 valence electrons. The van der Waals surface area contributed by atoms with Crippen molar-refractivity contribution in [3.63, 3.8) is 0 Å². The molecule has 2 rings (SSSR count). The maximum atomic E-state index is 13.4. The van der Waals surface area contributed by atoms with Crippen molar-refractivity contribution in [1.29, 1.82) is 0 Å². The van der Waals surface area contributed by atoms with Crippen molar-refractivity contribution in [3.05, 3.63) is 63.6 Å². The topological polar surface area (TPSA) is 86.8 Å². The molecule has 2 amide bonds. The molecule has 7 nitrogen and oxygen atoms in total. The molecule has 0 fully saturated rings. The third-order valence-electron chi connectivity index (χ3n) is 4.94. The van der Waals surface area contributed by atoms with E-state index in [0.717, 1.165) is 15.0 Å². The van der Waals surface area contributed by atoms with Crippen molar-refractivity contribution < 1.29 is 18.0 Å². The van der Waals surface area contributed by atoms with Gasteiger partial charge in [-0.05, 0) is 48.7 Å². The molecule has 1 atom stereocenters. The number of anilines is 1. The van der Waals surface area contributed by atoms with Gasteiger partial charge in [0.15, 0.2) is 0 Å². The molecule has 0 saturated heterocycles. The summed E-state index contributed by atoms with van der Waals surface area (Å²) in [4.78, 5) is 27.6. The van der Waals surface area contributed by atoms with E-state index in [-0.39, 0.29) is 18.4 Å². The van der Waals surface area contributed by atoms with Gasteiger partial charge in [0.2, 0.25) is 21.8 Å². The Hall–Kier alpha value is -2.10. The minimum atomic E-state index is -3.76. The van der Waals surface area contributed by atoms with E-state index in [2.05, 4.69) is 21.2 Å². The molecule has 2 aromatic carbocycles. The van der Waals surface area contributed by atoms with E-state index in [9.17, 15) is 18.0 Å². The monoisotopic (exact) mass is 557 g/mol. The van der Waals surface area contributed by atoms with Gasteiger partial charge >= 0.3 is 0 Å². The highest BCUT2D eigenvalue weighted by molar-refractivity contribution is 9.10. The smallest absolute Gasteiger partial charge is 0.244 e. The van der Waals surface area contributed by atoms with Gasteiger partial charge in [0.25, 0.3) is 0 Å². The summed E-state index contributed by atoms with van der Waals surface area (Å²) < 4.78 is 26.8. The molecule has 10 heteroatoms. The highest BCUT2D eigenvalue weighted by Crippen LogP contribution is 2.23. The fourth-order valence-corrected chi connectivity index (χ4v) is 4.38. The first-order chi connectivity index (χ1) is 15.4. The first-order valence-corrected chi connectivity index (χ1v) is 13.5. The van der Waals surface area contributed by atoms with Crippen LogP contribution < -0.4 is 9.62 Å². The van der Waals surface area contributed by atoms with Crippen LogP contribution in [0.5, 0.6) is 0 Å². The average molecular weight is 559 g/mol. The number of carbonyl (C=O) groups excluding carboxylic acids is 2. The van der Waals surface area contributed by atoms with E-state index < -0.39 is 28.5 Å². The number of carbonyl (C=O) groups is 2. The molecular formula is C23H29BrClN3O4S. The van der Waals surface area contributed by atoms with Crippen molar-refractivity contribution in [3.8, 4) is 0 Å². The lowest BCUT2D eigenvalue weighted by molar-refractivity contribution is -0.139. The molecule has 0 aromatic heterocycles. The van der Waals surface area contributed by atoms with Crippen molar-refractivity contribution >= 4 is 55.1 Å². The van der Waals surface area contributed by atoms with Crippen LogP contribution in [-0.2, 0) is 26.2 Å². The lowest BCUT2D eigenvalue weighted by Gasteiger charge is -2.31. The number of halogens is 2. The second kappa shape index (κ2) is 11.9. The van der Waals surface area contributed by atoms with Gasteiger partial charge in [-0.1, -0.05) is 59.6 Å². The van der Waals surface area contributed by atoms with Crippen LogP contribution in [0, 0.1) is 5.92 Å². The van der Waals surface area contributed by atoms with Gasteiger partial charge in [0.05, 0.1) is 11.9 Å². The molecule has 0 bridgehead atoms. The van der Waals surface area contributed by atoms with Crippen LogP contribution in [0.1, 0.15) is 26.3 Å². The minimum Gasteiger partial charge on any atom is -0.354 e. The first kappa shape index (κ1) is 27.1. The van der Waals surface area contributed by atoms with Gasteiger partial charge in [-0.15, -0.1) is 0 Å². The summed E-state index contributed by atoms with van der Waals surface area (Å²) in [6.45, 7) is 5.64. The zero-order chi connectivity index (χ0) is 24.8.